The molecule has 0 aromatic carbocycles. The maximum atomic E-state index is 11.4. The van der Waals surface area contributed by atoms with Crippen LogP contribution in [0.25, 0.3) is 0 Å². The highest BCUT2D eigenvalue weighted by Gasteiger charge is 2.25. The summed E-state index contributed by atoms with van der Waals surface area (Å²) in [7, 11) is -3.12. The first-order valence-electron chi connectivity index (χ1n) is 4.20. The van der Waals surface area contributed by atoms with Gasteiger partial charge in [-0.25, -0.2) is 8.42 Å². The lowest BCUT2D eigenvalue weighted by Gasteiger charge is -2.10. The Morgan fingerprint density at radius 2 is 2.36 bits per heavy atom. The highest BCUT2D eigenvalue weighted by molar-refractivity contribution is 9.11. The molecule has 0 amide bonds. The van der Waals surface area contributed by atoms with Crippen molar-refractivity contribution < 1.29 is 17.9 Å². The number of hydrogen-bond acceptors (Lipinski definition) is 5. The molecule has 0 saturated carbocycles. The molecule has 1 rings (SSSR count). The lowest BCUT2D eigenvalue weighted by Crippen LogP contribution is -2.27. The van der Waals surface area contributed by atoms with Crippen molar-refractivity contribution in [2.24, 2.45) is 0 Å². The highest BCUT2D eigenvalue weighted by atomic mass is 79.9. The van der Waals surface area contributed by atoms with Gasteiger partial charge < -0.3 is 4.74 Å². The fraction of sp³-hybridized carbons (Fsp3) is 0.857. The Balaban J connectivity index is 2.38. The molecule has 1 aliphatic rings. The topological polar surface area (TPSA) is 72.5 Å². The lowest BCUT2D eigenvalue weighted by atomic mass is 10.4. The molecule has 14 heavy (non-hydrogen) atoms. The van der Waals surface area contributed by atoms with E-state index in [9.17, 15) is 13.2 Å². The van der Waals surface area contributed by atoms with Gasteiger partial charge in [-0.15, -0.1) is 0 Å². The predicted octanol–water partition coefficient (Wildman–Crippen LogP) is 0.00470. The molecule has 1 aliphatic heterocycles. The molecule has 0 radical (unpaired) electrons. The number of ether oxygens (including phenoxy) is 1. The van der Waals surface area contributed by atoms with Gasteiger partial charge in [-0.1, -0.05) is 15.9 Å². The number of cyclic esters (lactones) is 1. The quantitative estimate of drug-likeness (QED) is 0.582. The summed E-state index contributed by atoms with van der Waals surface area (Å²) in [6.07, 6.45) is -0.159. The van der Waals surface area contributed by atoms with Gasteiger partial charge in [0, 0.05) is 6.42 Å². The summed E-state index contributed by atoms with van der Waals surface area (Å²) in [6, 6.07) is 0. The highest BCUT2D eigenvalue weighted by Crippen LogP contribution is 2.12. The van der Waals surface area contributed by atoms with E-state index in [1.807, 2.05) is 0 Å². The van der Waals surface area contributed by atoms with Crippen LogP contribution in [0.5, 0.6) is 0 Å². The SMILES string of the molecule is CC(Br)S(=O)(=O)CCC1NCC(=O)O1. The van der Waals surface area contributed by atoms with E-state index in [2.05, 4.69) is 21.2 Å². The molecule has 1 N–H and O–H groups in total. The number of rotatable bonds is 4. The maximum Gasteiger partial charge on any atom is 0.321 e. The second-order valence-electron chi connectivity index (χ2n) is 3.06. The van der Waals surface area contributed by atoms with E-state index in [1.165, 1.54) is 0 Å². The summed E-state index contributed by atoms with van der Waals surface area (Å²) in [6.45, 7) is 1.72. The van der Waals surface area contributed by atoms with Crippen molar-refractivity contribution in [2.45, 2.75) is 23.7 Å². The van der Waals surface area contributed by atoms with Crippen molar-refractivity contribution >= 4 is 31.7 Å². The molecular formula is C7H12BrNO4S. The van der Waals surface area contributed by atoms with Crippen molar-refractivity contribution in [2.75, 3.05) is 12.3 Å². The van der Waals surface area contributed by atoms with Gasteiger partial charge in [0.25, 0.3) is 0 Å². The van der Waals surface area contributed by atoms with E-state index in [0.29, 0.717) is 6.42 Å². The second kappa shape index (κ2) is 4.59. The summed E-state index contributed by atoms with van der Waals surface area (Å²) in [4.78, 5) is 10.7. The number of halogens is 1. The van der Waals surface area contributed by atoms with Crippen LogP contribution in [0.3, 0.4) is 0 Å². The van der Waals surface area contributed by atoms with Crippen LogP contribution in [0.1, 0.15) is 13.3 Å². The molecule has 1 saturated heterocycles. The number of carbonyl (C=O) groups is 1. The largest absolute Gasteiger partial charge is 0.446 e. The van der Waals surface area contributed by atoms with Crippen LogP contribution in [0.2, 0.25) is 0 Å². The third kappa shape index (κ3) is 3.21. The first kappa shape index (κ1) is 11.9. The minimum Gasteiger partial charge on any atom is -0.446 e. The van der Waals surface area contributed by atoms with Gasteiger partial charge in [0.15, 0.2) is 16.1 Å². The molecule has 1 fully saturated rings. The van der Waals surface area contributed by atoms with E-state index in [1.54, 1.807) is 6.92 Å². The molecule has 82 valence electrons. The van der Waals surface area contributed by atoms with Crippen LogP contribution < -0.4 is 5.32 Å². The fourth-order valence-electron chi connectivity index (χ4n) is 1.03. The monoisotopic (exact) mass is 285 g/mol. The van der Waals surface area contributed by atoms with Gasteiger partial charge in [0.2, 0.25) is 0 Å². The van der Waals surface area contributed by atoms with Gasteiger partial charge in [-0.05, 0) is 6.92 Å². The molecule has 0 aliphatic carbocycles. The van der Waals surface area contributed by atoms with Crippen LogP contribution in [0.4, 0.5) is 0 Å². The van der Waals surface area contributed by atoms with Crippen molar-refractivity contribution in [3.63, 3.8) is 0 Å². The number of hydrogen-bond donors (Lipinski definition) is 1. The second-order valence-corrected chi connectivity index (χ2v) is 7.48. The summed E-state index contributed by atoms with van der Waals surface area (Å²) in [5.41, 5.74) is 0. The standard InChI is InChI=1S/C7H12BrNO4S/c1-5(8)14(11,12)3-2-6-9-4-7(10)13-6/h5-6,9H,2-4H2,1H3. The summed E-state index contributed by atoms with van der Waals surface area (Å²) >= 11 is 3.00. The number of nitrogens with one attached hydrogen (secondary N) is 1. The normalized spacial score (nSPS) is 24.7. The lowest BCUT2D eigenvalue weighted by molar-refractivity contribution is -0.140. The van der Waals surface area contributed by atoms with Gasteiger partial charge >= 0.3 is 5.97 Å². The Bertz CT molecular complexity index is 314. The zero-order chi connectivity index (χ0) is 10.8. The fourth-order valence-corrected chi connectivity index (χ4v) is 2.46. The van der Waals surface area contributed by atoms with Crippen LogP contribution >= 0.6 is 15.9 Å². The van der Waals surface area contributed by atoms with E-state index in [-0.39, 0.29) is 18.3 Å². The average Bonchev–Trinajstić information content (AvgIpc) is 2.48. The summed E-state index contributed by atoms with van der Waals surface area (Å²) < 4.78 is 27.0. The van der Waals surface area contributed by atoms with Gasteiger partial charge in [0.1, 0.15) is 4.16 Å². The van der Waals surface area contributed by atoms with Crippen LogP contribution in [-0.2, 0) is 19.4 Å². The molecular weight excluding hydrogens is 274 g/mol. The molecule has 1 heterocycles. The third-order valence-electron chi connectivity index (χ3n) is 1.91. The zero-order valence-corrected chi connectivity index (χ0v) is 10.1. The Hall–Kier alpha value is -0.140. The minimum absolute atomic E-state index is 0.00433. The Kier molecular flexibility index (Phi) is 3.91. The summed E-state index contributed by atoms with van der Waals surface area (Å²) in [5, 5.41) is 2.77. The third-order valence-corrected chi connectivity index (χ3v) is 5.41. The number of alkyl halides is 1. The van der Waals surface area contributed by atoms with Crippen molar-refractivity contribution in [1.82, 2.24) is 5.32 Å². The van der Waals surface area contributed by atoms with E-state index >= 15 is 0 Å². The predicted molar refractivity (Wildman–Crippen MR) is 54.7 cm³/mol. The molecule has 0 spiro atoms. The average molecular weight is 286 g/mol. The van der Waals surface area contributed by atoms with Crippen molar-refractivity contribution in [3.05, 3.63) is 0 Å². The Labute approximate surface area is 91.2 Å². The summed E-state index contributed by atoms with van der Waals surface area (Å²) in [5.74, 6) is -0.330. The van der Waals surface area contributed by atoms with E-state index in [4.69, 9.17) is 4.74 Å². The molecule has 0 aromatic heterocycles. The maximum absolute atomic E-state index is 11.4. The van der Waals surface area contributed by atoms with E-state index < -0.39 is 20.2 Å². The Morgan fingerprint density at radius 3 is 2.79 bits per heavy atom. The van der Waals surface area contributed by atoms with Crippen LogP contribution in [0.15, 0.2) is 0 Å². The molecule has 7 heteroatoms. The first-order valence-corrected chi connectivity index (χ1v) is 6.83. The smallest absolute Gasteiger partial charge is 0.321 e. The zero-order valence-electron chi connectivity index (χ0n) is 7.70. The number of esters is 1. The molecule has 2 unspecified atom stereocenters. The molecule has 0 aromatic rings. The number of carbonyl (C=O) groups excluding carboxylic acids is 1. The van der Waals surface area contributed by atoms with Gasteiger partial charge in [0.05, 0.1) is 12.3 Å². The number of sulfone groups is 1. The van der Waals surface area contributed by atoms with Crippen molar-refractivity contribution in [1.29, 1.82) is 0 Å². The molecule has 2 atom stereocenters. The Morgan fingerprint density at radius 1 is 1.71 bits per heavy atom. The van der Waals surface area contributed by atoms with Crippen LogP contribution in [0, 0.1) is 0 Å². The van der Waals surface area contributed by atoms with Crippen LogP contribution in [-0.4, -0.2) is 37.1 Å². The minimum atomic E-state index is -3.12. The van der Waals surface area contributed by atoms with E-state index in [0.717, 1.165) is 0 Å². The molecule has 5 nitrogen and oxygen atoms in total. The van der Waals surface area contributed by atoms with Gasteiger partial charge in [-0.3, -0.25) is 10.1 Å². The van der Waals surface area contributed by atoms with Gasteiger partial charge in [-0.2, -0.15) is 0 Å². The van der Waals surface area contributed by atoms with Crippen molar-refractivity contribution in [3.8, 4) is 0 Å². The first-order chi connectivity index (χ1) is 6.42. The molecule has 0 bridgehead atoms.